The predicted molar refractivity (Wildman–Crippen MR) is 170 cm³/mol. The highest BCUT2D eigenvalue weighted by molar-refractivity contribution is 5.99. The molecule has 0 spiro atoms. The van der Waals surface area contributed by atoms with Crippen molar-refractivity contribution >= 4 is 22.6 Å². The van der Waals surface area contributed by atoms with Crippen LogP contribution in [0.15, 0.2) is 67.0 Å². The normalized spacial score (nSPS) is 12.8. The number of carbonyl (C=O) groups excluding carboxylic acids is 1. The first-order valence-corrected chi connectivity index (χ1v) is 14.8. The number of hydrogen-bond donors (Lipinski definition) is 1. The fourth-order valence-corrected chi connectivity index (χ4v) is 5.75. The number of aryl methyl sites for hydroxylation is 1. The standard InChI is InChI=1S/C34H35N7O4/c1-21(32-35-15-6-16-36-32)41(20-24-11-14-31(45-4)40-39-24)34(42)22-10-13-29-28(17-22)26-7-5-8-27(26)33(38-29)37-19-23-9-12-25(43-2)18-30(23)44-3/h6,9-18,21H,5,7-8,19-20H2,1-4H3,(H,37,38). The number of ether oxygens (including phenoxy) is 3. The summed E-state index contributed by atoms with van der Waals surface area (Å²) in [4.78, 5) is 29.8. The number of hydrogen-bond acceptors (Lipinski definition) is 10. The van der Waals surface area contributed by atoms with E-state index < -0.39 is 6.04 Å². The first-order chi connectivity index (χ1) is 22.0. The zero-order chi connectivity index (χ0) is 31.3. The Morgan fingerprint density at radius 2 is 1.76 bits per heavy atom. The van der Waals surface area contributed by atoms with E-state index in [2.05, 4.69) is 25.5 Å². The van der Waals surface area contributed by atoms with E-state index in [1.165, 1.54) is 18.2 Å². The van der Waals surface area contributed by atoms with Gasteiger partial charge in [0, 0.05) is 47.6 Å². The van der Waals surface area contributed by atoms with Crippen LogP contribution in [-0.4, -0.2) is 57.3 Å². The van der Waals surface area contributed by atoms with Crippen molar-refractivity contribution in [3.8, 4) is 17.4 Å². The third kappa shape index (κ3) is 6.19. The SMILES string of the molecule is COc1ccc(CNc2nc3ccc(C(=O)N(Cc4ccc(OC)nn4)C(C)c4ncccn4)cc3c3c2CCC3)c(OC)c1. The van der Waals surface area contributed by atoms with E-state index in [4.69, 9.17) is 19.2 Å². The molecule has 1 aliphatic rings. The number of methoxy groups -OCH3 is 3. The minimum Gasteiger partial charge on any atom is -0.497 e. The molecule has 2 aromatic carbocycles. The molecule has 3 aromatic heterocycles. The Morgan fingerprint density at radius 3 is 2.49 bits per heavy atom. The van der Waals surface area contributed by atoms with Crippen molar-refractivity contribution in [1.82, 2.24) is 30.0 Å². The molecule has 11 nitrogen and oxygen atoms in total. The smallest absolute Gasteiger partial charge is 0.254 e. The van der Waals surface area contributed by atoms with Crippen molar-refractivity contribution in [2.75, 3.05) is 26.6 Å². The maximum Gasteiger partial charge on any atom is 0.254 e. The average molecular weight is 606 g/mol. The Morgan fingerprint density at radius 1 is 0.933 bits per heavy atom. The molecule has 45 heavy (non-hydrogen) atoms. The summed E-state index contributed by atoms with van der Waals surface area (Å²) in [5, 5.41) is 12.9. The summed E-state index contributed by atoms with van der Waals surface area (Å²) in [6.45, 7) is 2.69. The van der Waals surface area contributed by atoms with E-state index in [-0.39, 0.29) is 12.5 Å². The molecule has 230 valence electrons. The molecule has 0 saturated heterocycles. The van der Waals surface area contributed by atoms with E-state index in [1.807, 2.05) is 43.3 Å². The number of anilines is 1. The van der Waals surface area contributed by atoms with Crippen LogP contribution in [0.1, 0.15) is 58.0 Å². The molecule has 3 heterocycles. The molecule has 1 N–H and O–H groups in total. The second-order valence-corrected chi connectivity index (χ2v) is 10.8. The highest BCUT2D eigenvalue weighted by atomic mass is 16.5. The summed E-state index contributed by atoms with van der Waals surface area (Å²) in [6.07, 6.45) is 6.22. The van der Waals surface area contributed by atoms with Crippen LogP contribution < -0.4 is 19.5 Å². The van der Waals surface area contributed by atoms with Crippen molar-refractivity contribution in [1.29, 1.82) is 0 Å². The van der Waals surface area contributed by atoms with Crippen molar-refractivity contribution in [3.63, 3.8) is 0 Å². The number of pyridine rings is 1. The number of rotatable bonds is 11. The van der Waals surface area contributed by atoms with Gasteiger partial charge in [0.1, 0.15) is 23.1 Å². The Bertz CT molecular complexity index is 1820. The molecule has 0 fully saturated rings. The summed E-state index contributed by atoms with van der Waals surface area (Å²) < 4.78 is 16.1. The maximum absolute atomic E-state index is 14.2. The minimum absolute atomic E-state index is 0.157. The summed E-state index contributed by atoms with van der Waals surface area (Å²) in [5.41, 5.74) is 5.45. The molecule has 11 heteroatoms. The Kier molecular flexibility index (Phi) is 8.68. The third-order valence-electron chi connectivity index (χ3n) is 8.17. The number of fused-ring (bicyclic) bond motifs is 3. The van der Waals surface area contributed by atoms with Crippen LogP contribution in [0.2, 0.25) is 0 Å². The molecular formula is C34H35N7O4. The average Bonchev–Trinajstić information content (AvgIpc) is 3.60. The zero-order valence-corrected chi connectivity index (χ0v) is 25.8. The molecule has 0 saturated carbocycles. The number of nitrogens with one attached hydrogen (secondary N) is 1. The topological polar surface area (TPSA) is 124 Å². The lowest BCUT2D eigenvalue weighted by molar-refractivity contribution is 0.0663. The number of benzene rings is 2. The Labute approximate surface area is 261 Å². The molecule has 1 unspecified atom stereocenters. The molecule has 1 amide bonds. The van der Waals surface area contributed by atoms with E-state index in [0.29, 0.717) is 29.5 Å². The van der Waals surface area contributed by atoms with Gasteiger partial charge in [-0.1, -0.05) is 0 Å². The zero-order valence-electron chi connectivity index (χ0n) is 25.8. The van der Waals surface area contributed by atoms with Crippen molar-refractivity contribution in [3.05, 3.63) is 101 Å². The van der Waals surface area contributed by atoms with Gasteiger partial charge in [-0.25, -0.2) is 15.0 Å². The van der Waals surface area contributed by atoms with Gasteiger partial charge < -0.3 is 24.4 Å². The lowest BCUT2D eigenvalue weighted by Crippen LogP contribution is -2.34. The van der Waals surface area contributed by atoms with Gasteiger partial charge in [0.2, 0.25) is 5.88 Å². The number of aromatic nitrogens is 5. The molecule has 6 rings (SSSR count). The summed E-state index contributed by atoms with van der Waals surface area (Å²) >= 11 is 0. The van der Waals surface area contributed by atoms with E-state index >= 15 is 0 Å². The molecule has 5 aromatic rings. The van der Waals surface area contributed by atoms with Gasteiger partial charge in [0.05, 0.1) is 45.1 Å². The highest BCUT2D eigenvalue weighted by Gasteiger charge is 2.27. The molecular weight excluding hydrogens is 570 g/mol. The number of nitrogens with zero attached hydrogens (tertiary/aromatic N) is 6. The van der Waals surface area contributed by atoms with Crippen LogP contribution in [0.5, 0.6) is 17.4 Å². The lowest BCUT2D eigenvalue weighted by atomic mass is 10.0. The number of carbonyl (C=O) groups is 1. The van der Waals surface area contributed by atoms with Crippen LogP contribution in [0.25, 0.3) is 10.9 Å². The fraction of sp³-hybridized carbons (Fsp3) is 0.294. The third-order valence-corrected chi connectivity index (χ3v) is 8.17. The first kappa shape index (κ1) is 29.7. The van der Waals surface area contributed by atoms with Crippen LogP contribution in [-0.2, 0) is 25.9 Å². The number of amides is 1. The molecule has 1 atom stereocenters. The molecule has 0 aliphatic heterocycles. The van der Waals surface area contributed by atoms with Crippen molar-refractivity contribution in [2.24, 2.45) is 0 Å². The largest absolute Gasteiger partial charge is 0.497 e. The van der Waals surface area contributed by atoms with Gasteiger partial charge in [0.25, 0.3) is 5.91 Å². The molecule has 0 radical (unpaired) electrons. The minimum atomic E-state index is -0.413. The quantitative estimate of drug-likeness (QED) is 0.211. The van der Waals surface area contributed by atoms with E-state index in [0.717, 1.165) is 53.0 Å². The van der Waals surface area contributed by atoms with Crippen LogP contribution in [0.3, 0.4) is 0 Å². The van der Waals surface area contributed by atoms with Crippen LogP contribution in [0, 0.1) is 0 Å². The van der Waals surface area contributed by atoms with E-state index in [1.54, 1.807) is 49.7 Å². The fourth-order valence-electron chi connectivity index (χ4n) is 5.75. The van der Waals surface area contributed by atoms with Crippen LogP contribution in [0.4, 0.5) is 5.82 Å². The van der Waals surface area contributed by atoms with E-state index in [9.17, 15) is 4.79 Å². The van der Waals surface area contributed by atoms with Crippen molar-refractivity contribution in [2.45, 2.75) is 45.3 Å². The first-order valence-electron chi connectivity index (χ1n) is 14.8. The van der Waals surface area contributed by atoms with Crippen LogP contribution >= 0.6 is 0 Å². The second kappa shape index (κ2) is 13.1. The Hall–Kier alpha value is -5.32. The summed E-state index contributed by atoms with van der Waals surface area (Å²) in [7, 11) is 4.83. The Balaban J connectivity index is 1.31. The lowest BCUT2D eigenvalue weighted by Gasteiger charge is -2.28. The summed E-state index contributed by atoms with van der Waals surface area (Å²) in [6, 6.07) is 16.4. The van der Waals surface area contributed by atoms with Gasteiger partial charge in [-0.05, 0) is 79.8 Å². The maximum atomic E-state index is 14.2. The van der Waals surface area contributed by atoms with Gasteiger partial charge in [-0.3, -0.25) is 4.79 Å². The van der Waals surface area contributed by atoms with Gasteiger partial charge in [-0.2, -0.15) is 5.10 Å². The highest BCUT2D eigenvalue weighted by Crippen LogP contribution is 2.35. The van der Waals surface area contributed by atoms with Crippen molar-refractivity contribution < 1.29 is 19.0 Å². The summed E-state index contributed by atoms with van der Waals surface area (Å²) in [5.74, 6) is 3.15. The monoisotopic (exact) mass is 605 g/mol. The van der Waals surface area contributed by atoms with Gasteiger partial charge >= 0.3 is 0 Å². The molecule has 0 bridgehead atoms. The van der Waals surface area contributed by atoms with Gasteiger partial charge in [-0.15, -0.1) is 5.10 Å². The molecule has 1 aliphatic carbocycles. The second-order valence-electron chi connectivity index (χ2n) is 10.8. The van der Waals surface area contributed by atoms with Gasteiger partial charge in [0.15, 0.2) is 0 Å². The predicted octanol–water partition coefficient (Wildman–Crippen LogP) is 5.35.